The van der Waals surface area contributed by atoms with Gasteiger partial charge in [-0.2, -0.15) is 0 Å². The zero-order valence-corrected chi connectivity index (χ0v) is 11.0. The fraction of sp³-hybridized carbons (Fsp3) is 0.462. The van der Waals surface area contributed by atoms with E-state index in [2.05, 4.69) is 5.32 Å². The second-order valence-corrected chi connectivity index (χ2v) is 5.08. The number of hydrogen-bond donors (Lipinski definition) is 2. The Morgan fingerprint density at radius 2 is 2.28 bits per heavy atom. The Morgan fingerprint density at radius 1 is 1.56 bits per heavy atom. The number of carbonyl (C=O) groups is 1. The molecule has 18 heavy (non-hydrogen) atoms. The van der Waals surface area contributed by atoms with Crippen molar-refractivity contribution >= 4 is 17.6 Å². The first-order valence-corrected chi connectivity index (χ1v) is 6.22. The van der Waals surface area contributed by atoms with Crippen LogP contribution >= 0.6 is 11.6 Å². The number of benzene rings is 1. The monoisotopic (exact) mass is 269 g/mol. The third-order valence-corrected chi connectivity index (χ3v) is 3.56. The lowest BCUT2D eigenvalue weighted by Gasteiger charge is -2.13. The van der Waals surface area contributed by atoms with E-state index in [1.807, 2.05) is 12.1 Å². The van der Waals surface area contributed by atoms with Gasteiger partial charge in [0.2, 0.25) is 0 Å². The Hall–Kier alpha value is -1.26. The minimum atomic E-state index is -0.715. The van der Waals surface area contributed by atoms with Gasteiger partial charge in [-0.05, 0) is 31.0 Å². The molecule has 0 aromatic heterocycles. The van der Waals surface area contributed by atoms with Gasteiger partial charge in [0, 0.05) is 23.7 Å². The zero-order chi connectivity index (χ0) is 13.2. The number of ether oxygens (including phenoxy) is 1. The molecule has 1 aromatic carbocycles. The third kappa shape index (κ3) is 2.76. The van der Waals surface area contributed by atoms with Crippen molar-refractivity contribution in [3.8, 4) is 5.75 Å². The highest BCUT2D eigenvalue weighted by molar-refractivity contribution is 6.30. The van der Waals surface area contributed by atoms with Crippen molar-refractivity contribution in [1.82, 2.24) is 5.32 Å². The van der Waals surface area contributed by atoms with Crippen LogP contribution < -0.4 is 10.1 Å². The summed E-state index contributed by atoms with van der Waals surface area (Å²) in [7, 11) is 1.60. The van der Waals surface area contributed by atoms with E-state index in [9.17, 15) is 4.79 Å². The third-order valence-electron chi connectivity index (χ3n) is 3.33. The maximum atomic E-state index is 11.0. The predicted octanol–water partition coefficient (Wildman–Crippen LogP) is 2.30. The number of hydrogen-bond acceptors (Lipinski definition) is 3. The summed E-state index contributed by atoms with van der Waals surface area (Å²) in [6, 6.07) is 5.40. The SMILES string of the molecule is COc1ccc(Cl)cc1CNCC1(C(=O)O)CC1. The summed E-state index contributed by atoms with van der Waals surface area (Å²) in [6.07, 6.45) is 1.50. The summed E-state index contributed by atoms with van der Waals surface area (Å²) < 4.78 is 5.23. The van der Waals surface area contributed by atoms with Crippen LogP contribution in [0.3, 0.4) is 0 Å². The van der Waals surface area contributed by atoms with Gasteiger partial charge in [0.15, 0.2) is 0 Å². The Labute approximate surface area is 111 Å². The van der Waals surface area contributed by atoms with E-state index in [0.29, 0.717) is 18.1 Å². The number of carboxylic acids is 1. The lowest BCUT2D eigenvalue weighted by atomic mass is 10.1. The van der Waals surface area contributed by atoms with Crippen LogP contribution in [0.1, 0.15) is 18.4 Å². The summed E-state index contributed by atoms with van der Waals surface area (Å²) >= 11 is 5.93. The summed E-state index contributed by atoms with van der Waals surface area (Å²) in [5.74, 6) is 0.0418. The number of nitrogens with one attached hydrogen (secondary N) is 1. The molecule has 0 amide bonds. The normalized spacial score (nSPS) is 16.3. The van der Waals surface area contributed by atoms with Gasteiger partial charge in [0.05, 0.1) is 12.5 Å². The van der Waals surface area contributed by atoms with Gasteiger partial charge in [0.1, 0.15) is 5.75 Å². The van der Waals surface area contributed by atoms with Crippen molar-refractivity contribution in [3.05, 3.63) is 28.8 Å². The van der Waals surface area contributed by atoms with Crippen LogP contribution in [0.15, 0.2) is 18.2 Å². The molecule has 1 fully saturated rings. The Balaban J connectivity index is 1.94. The molecule has 0 saturated heterocycles. The van der Waals surface area contributed by atoms with Crippen molar-refractivity contribution < 1.29 is 14.6 Å². The minimum absolute atomic E-state index is 0.484. The minimum Gasteiger partial charge on any atom is -0.496 e. The fourth-order valence-corrected chi connectivity index (χ4v) is 2.13. The summed E-state index contributed by atoms with van der Waals surface area (Å²) in [5, 5.41) is 12.9. The molecule has 1 aliphatic carbocycles. The molecule has 2 N–H and O–H groups in total. The average molecular weight is 270 g/mol. The van der Waals surface area contributed by atoms with Gasteiger partial charge in [-0.3, -0.25) is 4.79 Å². The molecule has 1 aromatic rings. The predicted molar refractivity (Wildman–Crippen MR) is 69.0 cm³/mol. The largest absolute Gasteiger partial charge is 0.496 e. The van der Waals surface area contributed by atoms with Gasteiger partial charge in [-0.25, -0.2) is 0 Å². The molecule has 0 radical (unpaired) electrons. The Bertz CT molecular complexity index is 458. The van der Waals surface area contributed by atoms with Crippen molar-refractivity contribution in [3.63, 3.8) is 0 Å². The highest BCUT2D eigenvalue weighted by Gasteiger charge is 2.49. The average Bonchev–Trinajstić information content (AvgIpc) is 3.10. The van der Waals surface area contributed by atoms with Crippen molar-refractivity contribution in [2.45, 2.75) is 19.4 Å². The molecule has 4 nitrogen and oxygen atoms in total. The summed E-state index contributed by atoms with van der Waals surface area (Å²) in [4.78, 5) is 11.0. The summed E-state index contributed by atoms with van der Waals surface area (Å²) in [5.41, 5.74) is 0.386. The van der Waals surface area contributed by atoms with Gasteiger partial charge in [-0.1, -0.05) is 11.6 Å². The number of methoxy groups -OCH3 is 1. The van der Waals surface area contributed by atoms with Crippen molar-refractivity contribution in [2.24, 2.45) is 5.41 Å². The molecule has 0 atom stereocenters. The topological polar surface area (TPSA) is 58.6 Å². The highest BCUT2D eigenvalue weighted by Crippen LogP contribution is 2.45. The molecular formula is C13H16ClNO3. The lowest BCUT2D eigenvalue weighted by Crippen LogP contribution is -2.29. The molecular weight excluding hydrogens is 254 g/mol. The maximum absolute atomic E-state index is 11.0. The molecule has 1 saturated carbocycles. The second-order valence-electron chi connectivity index (χ2n) is 4.65. The number of carboxylic acid groups (broad SMARTS) is 1. The molecule has 98 valence electrons. The number of rotatable bonds is 6. The van der Waals surface area contributed by atoms with Crippen LogP contribution in [0, 0.1) is 5.41 Å². The van der Waals surface area contributed by atoms with Crippen molar-refractivity contribution in [1.29, 1.82) is 0 Å². The van der Waals surface area contributed by atoms with E-state index in [4.69, 9.17) is 21.4 Å². The maximum Gasteiger partial charge on any atom is 0.310 e. The number of halogens is 1. The number of aliphatic carboxylic acids is 1. The van der Waals surface area contributed by atoms with Crippen LogP contribution in [-0.4, -0.2) is 24.7 Å². The van der Waals surface area contributed by atoms with E-state index in [-0.39, 0.29) is 0 Å². The lowest BCUT2D eigenvalue weighted by molar-refractivity contribution is -0.143. The molecule has 1 aliphatic rings. The van der Waals surface area contributed by atoms with E-state index in [1.54, 1.807) is 13.2 Å². The van der Waals surface area contributed by atoms with Crippen LogP contribution in [0.4, 0.5) is 0 Å². The standard InChI is InChI=1S/C13H16ClNO3/c1-18-11-3-2-10(14)6-9(11)7-15-8-13(4-5-13)12(16)17/h2-3,6,15H,4-5,7-8H2,1H3,(H,16,17). The van der Waals surface area contributed by atoms with E-state index >= 15 is 0 Å². The van der Waals surface area contributed by atoms with E-state index < -0.39 is 11.4 Å². The van der Waals surface area contributed by atoms with Crippen LogP contribution in [-0.2, 0) is 11.3 Å². The molecule has 5 heteroatoms. The zero-order valence-electron chi connectivity index (χ0n) is 10.2. The Kier molecular flexibility index (Phi) is 3.78. The first kappa shape index (κ1) is 13.2. The van der Waals surface area contributed by atoms with Gasteiger partial charge in [0.25, 0.3) is 0 Å². The van der Waals surface area contributed by atoms with Gasteiger partial charge >= 0.3 is 5.97 Å². The molecule has 0 heterocycles. The molecule has 0 aliphatic heterocycles. The fourth-order valence-electron chi connectivity index (χ4n) is 1.94. The van der Waals surface area contributed by atoms with Crippen LogP contribution in [0.5, 0.6) is 5.75 Å². The highest BCUT2D eigenvalue weighted by atomic mass is 35.5. The van der Waals surface area contributed by atoms with E-state index in [1.165, 1.54) is 0 Å². The Morgan fingerprint density at radius 3 is 2.83 bits per heavy atom. The second kappa shape index (κ2) is 5.16. The first-order chi connectivity index (χ1) is 8.57. The molecule has 0 unspecified atom stereocenters. The summed E-state index contributed by atoms with van der Waals surface area (Å²) in [6.45, 7) is 1.04. The van der Waals surface area contributed by atoms with Crippen LogP contribution in [0.25, 0.3) is 0 Å². The van der Waals surface area contributed by atoms with Gasteiger partial charge < -0.3 is 15.2 Å². The smallest absolute Gasteiger partial charge is 0.310 e. The first-order valence-electron chi connectivity index (χ1n) is 5.84. The molecule has 0 spiro atoms. The molecule has 2 rings (SSSR count). The van der Waals surface area contributed by atoms with Gasteiger partial charge in [-0.15, -0.1) is 0 Å². The quantitative estimate of drug-likeness (QED) is 0.832. The van der Waals surface area contributed by atoms with Crippen LogP contribution in [0.2, 0.25) is 5.02 Å². The van der Waals surface area contributed by atoms with E-state index in [0.717, 1.165) is 24.2 Å². The molecule has 0 bridgehead atoms. The van der Waals surface area contributed by atoms with Crippen molar-refractivity contribution in [2.75, 3.05) is 13.7 Å².